The van der Waals surface area contributed by atoms with Crippen molar-refractivity contribution in [3.63, 3.8) is 0 Å². The van der Waals surface area contributed by atoms with E-state index >= 15 is 0 Å². The fourth-order valence-corrected chi connectivity index (χ4v) is 2.88. The molecule has 10 nitrogen and oxygen atoms in total. The number of aryl methyl sites for hydroxylation is 1. The van der Waals surface area contributed by atoms with E-state index in [2.05, 4.69) is 36.0 Å². The van der Waals surface area contributed by atoms with Crippen LogP contribution in [0.2, 0.25) is 0 Å². The summed E-state index contributed by atoms with van der Waals surface area (Å²) >= 11 is 0. The summed E-state index contributed by atoms with van der Waals surface area (Å²) in [5.41, 5.74) is 3.75. The number of fused-ring (bicyclic) bond motifs is 1. The van der Waals surface area contributed by atoms with Gasteiger partial charge >= 0.3 is 6.03 Å². The van der Waals surface area contributed by atoms with Gasteiger partial charge in [-0.15, -0.1) is 10.2 Å². The lowest BCUT2D eigenvalue weighted by Gasteiger charge is -2.03. The van der Waals surface area contributed by atoms with Gasteiger partial charge in [0.1, 0.15) is 5.65 Å². The highest BCUT2D eigenvalue weighted by atomic mass is 16.2. The highest BCUT2D eigenvalue weighted by Crippen LogP contribution is 2.20. The van der Waals surface area contributed by atoms with Crippen molar-refractivity contribution in [1.29, 1.82) is 0 Å². The maximum absolute atomic E-state index is 12.2. The summed E-state index contributed by atoms with van der Waals surface area (Å²) in [6.07, 6.45) is 6.07. The minimum Gasteiger partial charge on any atom is -0.337 e. The summed E-state index contributed by atoms with van der Waals surface area (Å²) in [6.45, 7) is 6.31. The number of rotatable bonds is 6. The predicted octanol–water partition coefficient (Wildman–Crippen LogP) is 2.64. The highest BCUT2D eigenvalue weighted by molar-refractivity contribution is 5.88. The zero-order chi connectivity index (χ0) is 21.1. The third kappa shape index (κ3) is 4.43. The van der Waals surface area contributed by atoms with Gasteiger partial charge in [0.2, 0.25) is 0 Å². The Balaban J connectivity index is 1.36. The maximum atomic E-state index is 12.2. The zero-order valence-corrected chi connectivity index (χ0v) is 17.1. The summed E-state index contributed by atoms with van der Waals surface area (Å²) in [4.78, 5) is 22.5. The van der Waals surface area contributed by atoms with E-state index < -0.39 is 0 Å². The van der Waals surface area contributed by atoms with Crippen LogP contribution >= 0.6 is 0 Å². The van der Waals surface area contributed by atoms with Crippen molar-refractivity contribution in [2.75, 3.05) is 11.9 Å². The first-order valence-corrected chi connectivity index (χ1v) is 9.73. The van der Waals surface area contributed by atoms with Gasteiger partial charge in [0, 0.05) is 36.6 Å². The quantitative estimate of drug-likeness (QED) is 0.510. The number of hydrogen-bond donors (Lipinski definition) is 2. The first-order chi connectivity index (χ1) is 14.5. The SMILES string of the molecule is Cc1ccc(-c2ccc3nc(NC(=O)NCCc4nnn(C(C)C)n4)cn3c2)cn1. The first kappa shape index (κ1) is 19.5. The number of amides is 2. The van der Waals surface area contributed by atoms with Crippen LogP contribution in [0.15, 0.2) is 42.9 Å². The van der Waals surface area contributed by atoms with Crippen LogP contribution in [0.1, 0.15) is 31.4 Å². The van der Waals surface area contributed by atoms with Crippen LogP contribution in [-0.2, 0) is 6.42 Å². The van der Waals surface area contributed by atoms with Crippen LogP contribution in [-0.4, -0.2) is 47.2 Å². The van der Waals surface area contributed by atoms with Crippen LogP contribution in [0.4, 0.5) is 10.6 Å². The molecule has 0 aliphatic rings. The molecule has 4 heterocycles. The molecular formula is C20H23N9O. The summed E-state index contributed by atoms with van der Waals surface area (Å²) in [7, 11) is 0. The van der Waals surface area contributed by atoms with Crippen molar-refractivity contribution >= 4 is 17.5 Å². The monoisotopic (exact) mass is 405 g/mol. The molecule has 0 fully saturated rings. The highest BCUT2D eigenvalue weighted by Gasteiger charge is 2.09. The van der Waals surface area contributed by atoms with Crippen molar-refractivity contribution in [3.8, 4) is 11.1 Å². The first-order valence-electron chi connectivity index (χ1n) is 9.73. The second-order valence-electron chi connectivity index (χ2n) is 7.25. The smallest absolute Gasteiger partial charge is 0.320 e. The molecule has 4 aromatic heterocycles. The standard InChI is InChI=1S/C20H23N9O/c1-13(2)29-26-17(25-27-29)8-9-21-20(30)24-18-12-28-11-16(6-7-19(28)23-18)15-5-4-14(3)22-10-15/h4-7,10-13H,8-9H2,1-3H3,(H2,21,24,30). The Hall–Kier alpha value is -3.82. The number of pyridine rings is 2. The van der Waals surface area contributed by atoms with Gasteiger partial charge in [-0.25, -0.2) is 9.78 Å². The molecule has 0 aliphatic heterocycles. The Morgan fingerprint density at radius 3 is 2.70 bits per heavy atom. The largest absolute Gasteiger partial charge is 0.337 e. The number of anilines is 1. The number of urea groups is 1. The van der Waals surface area contributed by atoms with Crippen molar-refractivity contribution < 1.29 is 4.79 Å². The van der Waals surface area contributed by atoms with E-state index in [-0.39, 0.29) is 12.1 Å². The van der Waals surface area contributed by atoms with E-state index in [1.54, 1.807) is 11.0 Å². The molecule has 0 saturated carbocycles. The van der Waals surface area contributed by atoms with E-state index in [4.69, 9.17) is 0 Å². The van der Waals surface area contributed by atoms with Crippen molar-refractivity contribution in [2.24, 2.45) is 0 Å². The molecule has 4 rings (SSSR count). The van der Waals surface area contributed by atoms with Gasteiger partial charge in [-0.3, -0.25) is 10.3 Å². The lowest BCUT2D eigenvalue weighted by Crippen LogP contribution is -2.30. The Labute approximate surface area is 173 Å². The molecule has 0 aliphatic carbocycles. The average Bonchev–Trinajstić information content (AvgIpc) is 3.34. The average molecular weight is 405 g/mol. The lowest BCUT2D eigenvalue weighted by atomic mass is 10.1. The van der Waals surface area contributed by atoms with Gasteiger partial charge in [0.15, 0.2) is 11.6 Å². The van der Waals surface area contributed by atoms with Gasteiger partial charge in [0.25, 0.3) is 0 Å². The van der Waals surface area contributed by atoms with E-state index in [1.807, 2.05) is 61.8 Å². The fraction of sp³-hybridized carbons (Fsp3) is 0.300. The van der Waals surface area contributed by atoms with E-state index in [1.165, 1.54) is 0 Å². The fourth-order valence-electron chi connectivity index (χ4n) is 2.88. The van der Waals surface area contributed by atoms with Crippen LogP contribution in [0.25, 0.3) is 16.8 Å². The molecular weight excluding hydrogens is 382 g/mol. The topological polar surface area (TPSA) is 115 Å². The van der Waals surface area contributed by atoms with Crippen LogP contribution in [0, 0.1) is 6.92 Å². The van der Waals surface area contributed by atoms with E-state index in [0.717, 1.165) is 22.5 Å². The molecule has 2 amide bonds. The maximum Gasteiger partial charge on any atom is 0.320 e. The zero-order valence-electron chi connectivity index (χ0n) is 17.1. The summed E-state index contributed by atoms with van der Waals surface area (Å²) in [6, 6.07) is 7.71. The molecule has 154 valence electrons. The Bertz CT molecular complexity index is 1160. The van der Waals surface area contributed by atoms with Gasteiger partial charge in [0.05, 0.1) is 12.2 Å². The number of carbonyl (C=O) groups is 1. The molecule has 0 unspecified atom stereocenters. The lowest BCUT2D eigenvalue weighted by molar-refractivity contribution is 0.252. The van der Waals surface area contributed by atoms with E-state index in [9.17, 15) is 4.79 Å². The summed E-state index contributed by atoms with van der Waals surface area (Å²) < 4.78 is 1.87. The Morgan fingerprint density at radius 1 is 1.13 bits per heavy atom. The number of carbonyl (C=O) groups excluding carboxylic acids is 1. The van der Waals surface area contributed by atoms with Gasteiger partial charge in [-0.1, -0.05) is 6.07 Å². The molecule has 0 radical (unpaired) electrons. The van der Waals surface area contributed by atoms with Gasteiger partial charge in [-0.05, 0) is 49.7 Å². The third-order valence-electron chi connectivity index (χ3n) is 4.50. The minimum absolute atomic E-state index is 0.153. The van der Waals surface area contributed by atoms with Crippen molar-refractivity contribution in [2.45, 2.75) is 33.2 Å². The van der Waals surface area contributed by atoms with Crippen LogP contribution in [0.3, 0.4) is 0 Å². The normalized spacial score (nSPS) is 11.2. The molecule has 0 spiro atoms. The number of nitrogens with one attached hydrogen (secondary N) is 2. The number of aromatic nitrogens is 7. The summed E-state index contributed by atoms with van der Waals surface area (Å²) in [5.74, 6) is 1.06. The van der Waals surface area contributed by atoms with Gasteiger partial charge in [-0.2, -0.15) is 4.80 Å². The number of nitrogens with zero attached hydrogens (tertiary/aromatic N) is 7. The van der Waals surface area contributed by atoms with Crippen LogP contribution in [0.5, 0.6) is 0 Å². The molecule has 2 N–H and O–H groups in total. The number of imidazole rings is 1. The van der Waals surface area contributed by atoms with Crippen LogP contribution < -0.4 is 10.6 Å². The molecule has 0 atom stereocenters. The minimum atomic E-state index is -0.336. The van der Waals surface area contributed by atoms with Gasteiger partial charge < -0.3 is 9.72 Å². The molecule has 0 saturated heterocycles. The molecule has 0 bridgehead atoms. The molecule has 4 aromatic rings. The van der Waals surface area contributed by atoms with Crippen molar-refractivity contribution in [3.05, 3.63) is 54.4 Å². The van der Waals surface area contributed by atoms with Crippen molar-refractivity contribution in [1.82, 2.24) is 39.9 Å². The Kier molecular flexibility index (Phi) is 5.38. The summed E-state index contributed by atoms with van der Waals surface area (Å²) in [5, 5.41) is 17.7. The predicted molar refractivity (Wildman–Crippen MR) is 112 cm³/mol. The third-order valence-corrected chi connectivity index (χ3v) is 4.50. The Morgan fingerprint density at radius 2 is 1.97 bits per heavy atom. The second-order valence-corrected chi connectivity index (χ2v) is 7.25. The second kappa shape index (κ2) is 8.27. The molecule has 10 heteroatoms. The molecule has 0 aromatic carbocycles. The van der Waals surface area contributed by atoms with E-state index in [0.29, 0.717) is 24.6 Å². The number of tetrazole rings is 1. The molecule has 30 heavy (non-hydrogen) atoms. The number of hydrogen-bond acceptors (Lipinski definition) is 6.